The third kappa shape index (κ3) is 7.16. The summed E-state index contributed by atoms with van der Waals surface area (Å²) in [6, 6.07) is 36.0. The molecule has 2 N–H and O–H groups in total. The Morgan fingerprint density at radius 1 is 0.950 bits per heavy atom. The second-order valence-electron chi connectivity index (χ2n) is 16.6. The number of carbonyl (C=O) groups is 3. The number of non-ortho nitro benzene ring substituents is 1. The molecule has 1 fully saturated rings. The van der Waals surface area contributed by atoms with E-state index in [-0.39, 0.29) is 48.5 Å². The molecule has 3 aliphatic heterocycles. The number of nitrogens with one attached hydrogen (secondary N) is 1. The Morgan fingerprint density at radius 2 is 1.67 bits per heavy atom. The van der Waals surface area contributed by atoms with Crippen molar-refractivity contribution in [2.45, 2.75) is 69.2 Å². The van der Waals surface area contributed by atoms with E-state index in [0.29, 0.717) is 41.2 Å². The average Bonchev–Trinajstić information content (AvgIpc) is 3.68. The van der Waals surface area contributed by atoms with Crippen molar-refractivity contribution in [3.63, 3.8) is 0 Å². The van der Waals surface area contributed by atoms with E-state index in [2.05, 4.69) is 18.4 Å². The van der Waals surface area contributed by atoms with Crippen molar-refractivity contribution in [2.75, 3.05) is 23.9 Å². The molecule has 3 heterocycles. The SMILES string of the molecule is COc1ccc([Si](C)(C)[C@@H]2[C@@H](CC(=O)N3Cc4ccccc4C[C@H]3CO)O[C@]3(C(=O)N(Cc4cccc(NC(=O)c5ccccc5)c4)c4ccc([N+](=O)[O-])cc43)[C@H]2C)cc1. The van der Waals surface area contributed by atoms with Crippen LogP contribution in [0.5, 0.6) is 5.75 Å². The molecular formula is C47H48N4O8Si. The zero-order chi connectivity index (χ0) is 42.3. The Kier molecular flexibility index (Phi) is 10.9. The minimum atomic E-state index is -2.68. The van der Waals surface area contributed by atoms with Crippen molar-refractivity contribution in [1.29, 1.82) is 0 Å². The van der Waals surface area contributed by atoms with E-state index >= 15 is 4.79 Å². The van der Waals surface area contributed by atoms with E-state index in [1.165, 1.54) is 12.1 Å². The second kappa shape index (κ2) is 16.1. The van der Waals surface area contributed by atoms with E-state index in [1.54, 1.807) is 65.4 Å². The first-order valence-corrected chi connectivity index (χ1v) is 23.3. The van der Waals surface area contributed by atoms with Crippen LogP contribution in [0.3, 0.4) is 0 Å². The number of methoxy groups -OCH3 is 1. The maximum absolute atomic E-state index is 15.4. The van der Waals surface area contributed by atoms with E-state index in [4.69, 9.17) is 9.47 Å². The van der Waals surface area contributed by atoms with Gasteiger partial charge in [0.1, 0.15) is 5.75 Å². The fourth-order valence-corrected chi connectivity index (χ4v) is 13.8. The number of nitro benzene ring substituents is 1. The minimum Gasteiger partial charge on any atom is -0.497 e. The smallest absolute Gasteiger partial charge is 0.269 e. The summed E-state index contributed by atoms with van der Waals surface area (Å²) in [5.74, 6) is -0.662. The number of amides is 3. The maximum atomic E-state index is 15.4. The second-order valence-corrected chi connectivity index (χ2v) is 21.2. The van der Waals surface area contributed by atoms with Crippen LogP contribution in [0, 0.1) is 16.0 Å². The van der Waals surface area contributed by atoms with Gasteiger partial charge in [-0.25, -0.2) is 0 Å². The van der Waals surface area contributed by atoms with Crippen molar-refractivity contribution in [3.8, 4) is 5.75 Å². The lowest BCUT2D eigenvalue weighted by atomic mass is 9.82. The molecule has 1 spiro atoms. The summed E-state index contributed by atoms with van der Waals surface area (Å²) in [6.45, 7) is 6.63. The standard InChI is InChI=1S/C47H48N4O8Si/c1-30-44(60(3,4)39-20-18-38(58-2)19-21-39)42(26-43(53)49-28-34-15-9-8-14-33(34)24-37(49)29-52)59-47(30)40-25-36(51(56)57)17-22-41(40)50(46(47)55)27-31-11-10-16-35(23-31)48-45(54)32-12-6-5-7-13-32/h5-23,25,30,37,42,44,52H,24,26-29H2,1-4H3,(H,48,54)/t30-,37-,42+,44-,47+/m0/s1. The Morgan fingerprint density at radius 3 is 2.37 bits per heavy atom. The first-order chi connectivity index (χ1) is 28.8. The van der Waals surface area contributed by atoms with Crippen molar-refractivity contribution >= 4 is 48.0 Å². The molecule has 0 saturated carbocycles. The molecule has 12 nitrogen and oxygen atoms in total. The highest BCUT2D eigenvalue weighted by Gasteiger charge is 2.67. The summed E-state index contributed by atoms with van der Waals surface area (Å²) in [6.07, 6.45) is -0.287. The lowest BCUT2D eigenvalue weighted by Crippen LogP contribution is -2.52. The van der Waals surface area contributed by atoms with Gasteiger partial charge in [0.2, 0.25) is 5.91 Å². The van der Waals surface area contributed by atoms with Gasteiger partial charge in [-0.1, -0.05) is 91.9 Å². The molecule has 0 aromatic heterocycles. The van der Waals surface area contributed by atoms with Gasteiger partial charge in [0.15, 0.2) is 5.60 Å². The van der Waals surface area contributed by atoms with Crippen molar-refractivity contribution in [3.05, 3.63) is 159 Å². The molecule has 13 heteroatoms. The van der Waals surface area contributed by atoms with E-state index in [9.17, 15) is 24.8 Å². The van der Waals surface area contributed by atoms with Crippen molar-refractivity contribution in [2.24, 2.45) is 5.92 Å². The Balaban J connectivity index is 1.18. The average molecular weight is 825 g/mol. The summed E-state index contributed by atoms with van der Waals surface area (Å²) in [7, 11) is -1.07. The van der Waals surface area contributed by atoms with Gasteiger partial charge in [0.05, 0.1) is 57.5 Å². The van der Waals surface area contributed by atoms with Crippen LogP contribution in [0.2, 0.25) is 18.6 Å². The highest BCUT2D eigenvalue weighted by atomic mass is 28.3. The van der Waals surface area contributed by atoms with E-state index in [1.807, 2.05) is 67.6 Å². The zero-order valence-electron chi connectivity index (χ0n) is 34.0. The summed E-state index contributed by atoms with van der Waals surface area (Å²) < 4.78 is 12.7. The predicted molar refractivity (Wildman–Crippen MR) is 231 cm³/mol. The van der Waals surface area contributed by atoms with Gasteiger partial charge >= 0.3 is 0 Å². The molecule has 1 saturated heterocycles. The normalized spacial score (nSPS) is 22.1. The summed E-state index contributed by atoms with van der Waals surface area (Å²) in [4.78, 5) is 58.3. The van der Waals surface area contributed by atoms with Gasteiger partial charge in [-0.2, -0.15) is 0 Å². The van der Waals surface area contributed by atoms with Crippen LogP contribution in [0.1, 0.15) is 46.0 Å². The Hall–Kier alpha value is -6.15. The fourth-order valence-electron chi connectivity index (χ4n) is 9.83. The highest BCUT2D eigenvalue weighted by Crippen LogP contribution is 2.60. The van der Waals surface area contributed by atoms with Crippen molar-refractivity contribution in [1.82, 2.24) is 4.90 Å². The van der Waals surface area contributed by atoms with Gasteiger partial charge in [0, 0.05) is 41.4 Å². The number of hydrogen-bond donors (Lipinski definition) is 2. The maximum Gasteiger partial charge on any atom is 0.269 e. The molecule has 8 rings (SSSR count). The largest absolute Gasteiger partial charge is 0.497 e. The number of anilines is 2. The molecule has 0 bridgehead atoms. The fraction of sp³-hybridized carbons (Fsp3) is 0.298. The monoisotopic (exact) mass is 824 g/mol. The number of fused-ring (bicyclic) bond motifs is 3. The molecule has 5 aromatic rings. The summed E-state index contributed by atoms with van der Waals surface area (Å²) >= 11 is 0. The van der Waals surface area contributed by atoms with Gasteiger partial charge in [-0.15, -0.1) is 0 Å². The zero-order valence-corrected chi connectivity index (χ0v) is 35.0. The predicted octanol–water partition coefficient (Wildman–Crippen LogP) is 6.95. The van der Waals surface area contributed by atoms with Crippen LogP contribution in [0.25, 0.3) is 0 Å². The number of rotatable bonds is 11. The van der Waals surface area contributed by atoms with Crippen LogP contribution < -0.4 is 20.1 Å². The molecule has 308 valence electrons. The highest BCUT2D eigenvalue weighted by molar-refractivity contribution is 6.91. The van der Waals surface area contributed by atoms with Crippen LogP contribution in [0.15, 0.2) is 121 Å². The number of ether oxygens (including phenoxy) is 2. The first-order valence-electron chi connectivity index (χ1n) is 20.2. The number of hydrogen-bond acceptors (Lipinski definition) is 8. The molecule has 3 aliphatic rings. The third-order valence-electron chi connectivity index (χ3n) is 12.9. The summed E-state index contributed by atoms with van der Waals surface area (Å²) in [5.41, 5.74) is 2.61. The van der Waals surface area contributed by atoms with E-state index in [0.717, 1.165) is 21.9 Å². The molecule has 0 radical (unpaired) electrons. The molecule has 3 amide bonds. The van der Waals surface area contributed by atoms with Gasteiger partial charge in [0.25, 0.3) is 17.5 Å². The molecule has 0 aliphatic carbocycles. The summed E-state index contributed by atoms with van der Waals surface area (Å²) in [5, 5.41) is 26.8. The minimum absolute atomic E-state index is 0.0529. The number of nitrogens with zero attached hydrogens (tertiary/aromatic N) is 3. The third-order valence-corrected chi connectivity index (χ3v) is 17.2. The number of aliphatic hydroxyl groups excluding tert-OH is 1. The van der Waals surface area contributed by atoms with Crippen LogP contribution in [-0.4, -0.2) is 66.6 Å². The van der Waals surface area contributed by atoms with Crippen LogP contribution in [0.4, 0.5) is 17.1 Å². The lowest BCUT2D eigenvalue weighted by molar-refractivity contribution is -0.385. The number of aliphatic hydroxyl groups is 1. The van der Waals surface area contributed by atoms with E-state index < -0.39 is 36.7 Å². The Bertz CT molecular complexity index is 2460. The topological polar surface area (TPSA) is 152 Å². The molecule has 5 aromatic carbocycles. The first kappa shape index (κ1) is 40.6. The van der Waals surface area contributed by atoms with Crippen LogP contribution in [-0.2, 0) is 39.4 Å². The quantitative estimate of drug-likeness (QED) is 0.0825. The number of benzene rings is 5. The molecule has 0 unspecified atom stereocenters. The molecular weight excluding hydrogens is 777 g/mol. The molecule has 5 atom stereocenters. The number of nitro groups is 1. The lowest BCUT2D eigenvalue weighted by Gasteiger charge is -2.39. The van der Waals surface area contributed by atoms with Crippen LogP contribution >= 0.6 is 0 Å². The molecule has 60 heavy (non-hydrogen) atoms. The van der Waals surface area contributed by atoms with Gasteiger partial charge in [-0.3, -0.25) is 24.5 Å². The number of carbonyl (C=O) groups excluding carboxylic acids is 3. The van der Waals surface area contributed by atoms with Gasteiger partial charge in [-0.05, 0) is 71.1 Å². The Labute approximate surface area is 349 Å². The van der Waals surface area contributed by atoms with Gasteiger partial charge < -0.3 is 29.7 Å². The van der Waals surface area contributed by atoms with Crippen molar-refractivity contribution < 1.29 is 33.9 Å².